The maximum Gasteiger partial charge on any atom is 0.326 e. The van der Waals surface area contributed by atoms with Crippen LogP contribution >= 0.6 is 11.3 Å². The van der Waals surface area contributed by atoms with E-state index in [9.17, 15) is 9.59 Å². The number of benzene rings is 1. The van der Waals surface area contributed by atoms with Crippen LogP contribution in [0.15, 0.2) is 33.9 Å². The van der Waals surface area contributed by atoms with Crippen LogP contribution in [0.3, 0.4) is 0 Å². The van der Waals surface area contributed by atoms with Gasteiger partial charge >= 0.3 is 5.69 Å². The van der Waals surface area contributed by atoms with Crippen molar-refractivity contribution >= 4 is 31.8 Å². The van der Waals surface area contributed by atoms with Gasteiger partial charge in [-0.05, 0) is 36.8 Å². The largest absolute Gasteiger partial charge is 0.493 e. The molecule has 0 bridgehead atoms. The van der Waals surface area contributed by atoms with Crippen molar-refractivity contribution in [3.63, 3.8) is 0 Å². The lowest BCUT2D eigenvalue weighted by Gasteiger charge is -2.10. The Morgan fingerprint density at radius 1 is 1.04 bits per heavy atom. The number of aryl methyl sites for hydroxylation is 1. The van der Waals surface area contributed by atoms with Crippen molar-refractivity contribution in [3.05, 3.63) is 50.7 Å². The molecule has 0 aliphatic heterocycles. The lowest BCUT2D eigenvalue weighted by atomic mass is 10.1. The number of rotatable bonds is 3. The van der Waals surface area contributed by atoms with Crippen LogP contribution in [-0.2, 0) is 0 Å². The summed E-state index contributed by atoms with van der Waals surface area (Å²) in [6, 6.07) is 7.50. The molecule has 0 radical (unpaired) electrons. The molecule has 0 spiro atoms. The molecular formula is C18H15N3O4S. The molecule has 2 N–H and O–H groups in total. The van der Waals surface area contributed by atoms with Gasteiger partial charge in [0.2, 0.25) is 0 Å². The third kappa shape index (κ3) is 2.46. The molecule has 0 saturated carbocycles. The van der Waals surface area contributed by atoms with Crippen LogP contribution in [0, 0.1) is 6.92 Å². The van der Waals surface area contributed by atoms with Crippen LogP contribution in [0.1, 0.15) is 5.56 Å². The van der Waals surface area contributed by atoms with E-state index in [-0.39, 0.29) is 0 Å². The second-order valence-electron chi connectivity index (χ2n) is 5.79. The fourth-order valence-corrected chi connectivity index (χ4v) is 4.11. The molecule has 0 amide bonds. The van der Waals surface area contributed by atoms with Gasteiger partial charge in [0.25, 0.3) is 5.56 Å². The second kappa shape index (κ2) is 5.99. The average Bonchev–Trinajstić information content (AvgIpc) is 3.00. The predicted molar refractivity (Wildman–Crippen MR) is 102 cm³/mol. The number of thiophene rings is 1. The van der Waals surface area contributed by atoms with Crippen molar-refractivity contribution < 1.29 is 9.47 Å². The molecule has 0 fully saturated rings. The maximum atomic E-state index is 12.1. The predicted octanol–water partition coefficient (Wildman–Crippen LogP) is 2.82. The van der Waals surface area contributed by atoms with Gasteiger partial charge in [0, 0.05) is 10.9 Å². The van der Waals surface area contributed by atoms with E-state index in [1.165, 1.54) is 11.3 Å². The molecule has 4 rings (SSSR count). The molecule has 1 aromatic carbocycles. The highest BCUT2D eigenvalue weighted by Gasteiger charge is 2.15. The van der Waals surface area contributed by atoms with Gasteiger partial charge in [0.05, 0.1) is 25.4 Å². The minimum absolute atomic E-state index is 0.404. The number of ether oxygens (including phenoxy) is 2. The Balaban J connectivity index is 1.99. The highest BCUT2D eigenvalue weighted by atomic mass is 32.1. The number of fused-ring (bicyclic) bond motifs is 3. The Bertz CT molecular complexity index is 1270. The van der Waals surface area contributed by atoms with Crippen molar-refractivity contribution in [3.8, 4) is 22.8 Å². The molecule has 0 saturated heterocycles. The van der Waals surface area contributed by atoms with Crippen molar-refractivity contribution in [2.45, 2.75) is 6.92 Å². The molecule has 3 aromatic heterocycles. The molecular weight excluding hydrogens is 354 g/mol. The molecule has 7 nitrogen and oxygen atoms in total. The number of aromatic nitrogens is 3. The Morgan fingerprint density at radius 2 is 1.81 bits per heavy atom. The topological polar surface area (TPSA) is 97.1 Å². The number of H-pyrrole nitrogens is 2. The average molecular weight is 369 g/mol. The second-order valence-corrected chi connectivity index (χ2v) is 6.79. The fraction of sp³-hybridized carbons (Fsp3) is 0.167. The summed E-state index contributed by atoms with van der Waals surface area (Å²) < 4.78 is 11.1. The van der Waals surface area contributed by atoms with Gasteiger partial charge in [-0.2, -0.15) is 0 Å². The summed E-state index contributed by atoms with van der Waals surface area (Å²) >= 11 is 1.26. The first-order valence-corrected chi connectivity index (χ1v) is 8.62. The monoisotopic (exact) mass is 369 g/mol. The summed E-state index contributed by atoms with van der Waals surface area (Å²) in [7, 11) is 3.17. The van der Waals surface area contributed by atoms with Gasteiger partial charge in [-0.3, -0.25) is 9.78 Å². The lowest BCUT2D eigenvalue weighted by molar-refractivity contribution is 0.355. The summed E-state index contributed by atoms with van der Waals surface area (Å²) in [5, 5.41) is 0.789. The van der Waals surface area contributed by atoms with Gasteiger partial charge in [-0.15, -0.1) is 11.3 Å². The summed E-state index contributed by atoms with van der Waals surface area (Å²) in [6.07, 6.45) is 0. The summed E-state index contributed by atoms with van der Waals surface area (Å²) in [6.45, 7) is 1.93. The standard InChI is InChI=1S/C18H15N3O4S/c1-8-6-10(9-4-5-11(24-2)12(7-9)25-3)19-17-13(8)14-15(26-17)16(22)21-18(23)20-14/h4-7H,1-3H3,(H2,20,21,22,23). The third-order valence-electron chi connectivity index (χ3n) is 4.21. The zero-order valence-corrected chi connectivity index (χ0v) is 15.1. The van der Waals surface area contributed by atoms with Crippen LogP contribution in [0.5, 0.6) is 11.5 Å². The quantitative estimate of drug-likeness (QED) is 0.579. The third-order valence-corrected chi connectivity index (χ3v) is 5.29. The van der Waals surface area contributed by atoms with E-state index in [4.69, 9.17) is 14.5 Å². The van der Waals surface area contributed by atoms with Crippen molar-refractivity contribution in [1.82, 2.24) is 15.0 Å². The number of hydrogen-bond acceptors (Lipinski definition) is 6. The van der Waals surface area contributed by atoms with Gasteiger partial charge in [-0.1, -0.05) is 0 Å². The molecule has 0 aliphatic rings. The van der Waals surface area contributed by atoms with Crippen molar-refractivity contribution in [2.24, 2.45) is 0 Å². The number of nitrogens with zero attached hydrogens (tertiary/aromatic N) is 1. The van der Waals surface area contributed by atoms with E-state index in [0.29, 0.717) is 26.5 Å². The van der Waals surface area contributed by atoms with E-state index < -0.39 is 11.2 Å². The molecule has 3 heterocycles. The van der Waals surface area contributed by atoms with E-state index in [2.05, 4.69) is 9.97 Å². The first kappa shape index (κ1) is 16.3. The van der Waals surface area contributed by atoms with E-state index in [1.54, 1.807) is 14.2 Å². The van der Waals surface area contributed by atoms with Crippen LogP contribution in [0.2, 0.25) is 0 Å². The van der Waals surface area contributed by atoms with Crippen LogP contribution in [0.4, 0.5) is 0 Å². The lowest BCUT2D eigenvalue weighted by Crippen LogP contribution is -2.20. The molecule has 4 aromatic rings. The fourth-order valence-electron chi connectivity index (χ4n) is 3.01. The minimum atomic E-state index is -0.523. The van der Waals surface area contributed by atoms with Crippen molar-refractivity contribution in [1.29, 1.82) is 0 Å². The first-order valence-electron chi connectivity index (χ1n) is 7.80. The number of methoxy groups -OCH3 is 2. The molecule has 0 aliphatic carbocycles. The van der Waals surface area contributed by atoms with Gasteiger partial charge in [-0.25, -0.2) is 9.78 Å². The van der Waals surface area contributed by atoms with Crippen LogP contribution in [0.25, 0.3) is 31.7 Å². The van der Waals surface area contributed by atoms with Gasteiger partial charge in [0.15, 0.2) is 11.5 Å². The molecule has 0 atom stereocenters. The zero-order chi connectivity index (χ0) is 18.4. The van der Waals surface area contributed by atoms with Crippen molar-refractivity contribution in [2.75, 3.05) is 14.2 Å². The molecule has 26 heavy (non-hydrogen) atoms. The van der Waals surface area contributed by atoms with Gasteiger partial charge in [0.1, 0.15) is 9.53 Å². The summed E-state index contributed by atoms with van der Waals surface area (Å²) in [5.74, 6) is 1.25. The Morgan fingerprint density at radius 3 is 2.54 bits per heavy atom. The number of hydrogen-bond donors (Lipinski definition) is 2. The molecule has 0 unspecified atom stereocenters. The van der Waals surface area contributed by atoms with Crippen LogP contribution in [-0.4, -0.2) is 29.2 Å². The number of aromatic amines is 2. The van der Waals surface area contributed by atoms with Crippen LogP contribution < -0.4 is 20.7 Å². The first-order chi connectivity index (χ1) is 12.5. The molecule has 132 valence electrons. The molecule has 8 heteroatoms. The highest BCUT2D eigenvalue weighted by molar-refractivity contribution is 7.25. The van der Waals surface area contributed by atoms with E-state index >= 15 is 0 Å². The van der Waals surface area contributed by atoms with E-state index in [0.717, 1.165) is 22.2 Å². The normalized spacial score (nSPS) is 11.2. The Labute approximate surface area is 151 Å². The Kier molecular flexibility index (Phi) is 3.77. The Hall–Kier alpha value is -3.13. The van der Waals surface area contributed by atoms with Gasteiger partial charge < -0.3 is 14.5 Å². The SMILES string of the molecule is COc1ccc(-c2cc(C)c3c(n2)sc2c(=O)[nH]c(=O)[nH]c23)cc1OC. The summed E-state index contributed by atoms with van der Waals surface area (Å²) in [5.41, 5.74) is 2.15. The highest BCUT2D eigenvalue weighted by Crippen LogP contribution is 2.36. The number of nitrogens with one attached hydrogen (secondary N) is 2. The summed E-state index contributed by atoms with van der Waals surface area (Å²) in [4.78, 5) is 34.0. The number of pyridine rings is 1. The zero-order valence-electron chi connectivity index (χ0n) is 14.3. The van der Waals surface area contributed by atoms with E-state index in [1.807, 2.05) is 31.2 Å². The smallest absolute Gasteiger partial charge is 0.326 e. The maximum absolute atomic E-state index is 12.1. The minimum Gasteiger partial charge on any atom is -0.493 e.